The van der Waals surface area contributed by atoms with Crippen molar-refractivity contribution in [1.29, 1.82) is 0 Å². The molecule has 0 atom stereocenters. The maximum Gasteiger partial charge on any atom is 0.335 e. The number of carboxylic acid groups (broad SMARTS) is 1. The molecule has 0 saturated carbocycles. The molecule has 0 spiro atoms. The fraction of sp³-hybridized carbons (Fsp3) is 0.333. The van der Waals surface area contributed by atoms with Gasteiger partial charge in [-0.2, -0.15) is 0 Å². The van der Waals surface area contributed by atoms with Crippen molar-refractivity contribution in [3.8, 4) is 5.75 Å². The van der Waals surface area contributed by atoms with Crippen molar-refractivity contribution in [2.45, 2.75) is 13.3 Å². The highest BCUT2D eigenvalue weighted by Crippen LogP contribution is 2.34. The summed E-state index contributed by atoms with van der Waals surface area (Å²) in [4.78, 5) is 22.1. The van der Waals surface area contributed by atoms with Crippen LogP contribution in [0.3, 0.4) is 0 Å². The third-order valence-corrected chi connectivity index (χ3v) is 3.37. The van der Waals surface area contributed by atoms with Crippen LogP contribution in [0, 0.1) is 0 Å². The molecule has 0 fully saturated rings. The molecule has 19 heavy (non-hydrogen) atoms. The summed E-state index contributed by atoms with van der Waals surface area (Å²) in [6.07, 6.45) is 0.243. The summed E-state index contributed by atoms with van der Waals surface area (Å²) in [6.45, 7) is 2.64. The number of benzene rings is 1. The van der Waals surface area contributed by atoms with Gasteiger partial charge in [-0.25, -0.2) is 4.79 Å². The van der Waals surface area contributed by atoms with Crippen LogP contribution in [0.2, 0.25) is 0 Å². The Morgan fingerprint density at radius 1 is 1.32 bits per heavy atom. The monoisotopic (exact) mass is 393 g/mol. The molecule has 0 radical (unpaired) electrons. The molecular formula is C12H13Br2NO4. The van der Waals surface area contributed by atoms with Gasteiger partial charge in [-0.3, -0.25) is 4.79 Å². The summed E-state index contributed by atoms with van der Waals surface area (Å²) in [5.41, 5.74) is 0.148. The van der Waals surface area contributed by atoms with E-state index in [1.807, 2.05) is 6.92 Å². The first kappa shape index (κ1) is 16.0. The maximum atomic E-state index is 11.3. The van der Waals surface area contributed by atoms with Gasteiger partial charge >= 0.3 is 5.97 Å². The zero-order chi connectivity index (χ0) is 14.4. The van der Waals surface area contributed by atoms with E-state index < -0.39 is 5.97 Å². The predicted molar refractivity (Wildman–Crippen MR) is 77.6 cm³/mol. The maximum absolute atomic E-state index is 11.3. The number of ether oxygens (including phenoxy) is 1. The van der Waals surface area contributed by atoms with Crippen LogP contribution in [-0.2, 0) is 4.79 Å². The second-order valence-electron chi connectivity index (χ2n) is 3.63. The molecule has 5 nitrogen and oxygen atoms in total. The van der Waals surface area contributed by atoms with E-state index >= 15 is 0 Å². The molecule has 0 aliphatic rings. The van der Waals surface area contributed by atoms with Gasteiger partial charge in [-0.1, -0.05) is 0 Å². The van der Waals surface area contributed by atoms with Crippen LogP contribution in [0.25, 0.3) is 0 Å². The first-order valence-electron chi connectivity index (χ1n) is 5.57. The van der Waals surface area contributed by atoms with Gasteiger partial charge in [0.1, 0.15) is 5.75 Å². The van der Waals surface area contributed by atoms with E-state index in [1.54, 1.807) is 0 Å². The van der Waals surface area contributed by atoms with Gasteiger partial charge in [0, 0.05) is 6.54 Å². The Bertz CT molecular complexity index is 468. The van der Waals surface area contributed by atoms with Crippen molar-refractivity contribution in [1.82, 2.24) is 5.32 Å². The van der Waals surface area contributed by atoms with Crippen LogP contribution < -0.4 is 10.1 Å². The highest BCUT2D eigenvalue weighted by Gasteiger charge is 2.13. The smallest absolute Gasteiger partial charge is 0.335 e. The van der Waals surface area contributed by atoms with E-state index in [0.717, 1.165) is 0 Å². The van der Waals surface area contributed by atoms with Gasteiger partial charge in [0.05, 0.1) is 27.5 Å². The standard InChI is InChI=1S/C12H13Br2NO4/c1-2-15-10(16)3-4-19-11-8(13)5-7(12(17)18)6-9(11)14/h5-6H,2-4H2,1H3,(H,15,16)(H,17,18). The lowest BCUT2D eigenvalue weighted by Crippen LogP contribution is -2.24. The Morgan fingerprint density at radius 2 is 1.89 bits per heavy atom. The van der Waals surface area contributed by atoms with Gasteiger partial charge in [0.25, 0.3) is 0 Å². The second-order valence-corrected chi connectivity index (χ2v) is 5.33. The largest absolute Gasteiger partial charge is 0.491 e. The van der Waals surface area contributed by atoms with E-state index in [9.17, 15) is 9.59 Å². The molecule has 0 bridgehead atoms. The number of amides is 1. The van der Waals surface area contributed by atoms with Crippen molar-refractivity contribution >= 4 is 43.7 Å². The zero-order valence-electron chi connectivity index (χ0n) is 10.2. The summed E-state index contributed by atoms with van der Waals surface area (Å²) < 4.78 is 6.52. The van der Waals surface area contributed by atoms with Crippen molar-refractivity contribution in [3.63, 3.8) is 0 Å². The first-order valence-corrected chi connectivity index (χ1v) is 7.16. The Balaban J connectivity index is 2.69. The van der Waals surface area contributed by atoms with E-state index in [-0.39, 0.29) is 24.5 Å². The third kappa shape index (κ3) is 4.83. The lowest BCUT2D eigenvalue weighted by molar-refractivity contribution is -0.121. The summed E-state index contributed by atoms with van der Waals surface area (Å²) in [6, 6.07) is 2.91. The Kier molecular flexibility index (Phi) is 6.30. The topological polar surface area (TPSA) is 75.6 Å². The Morgan fingerprint density at radius 3 is 2.37 bits per heavy atom. The fourth-order valence-corrected chi connectivity index (χ4v) is 2.77. The normalized spacial score (nSPS) is 10.1. The fourth-order valence-electron chi connectivity index (χ4n) is 1.35. The number of carbonyl (C=O) groups excluding carboxylic acids is 1. The molecule has 0 aliphatic heterocycles. The first-order chi connectivity index (χ1) is 8.95. The summed E-state index contributed by atoms with van der Waals surface area (Å²) in [5, 5.41) is 11.6. The molecule has 0 saturated heterocycles. The molecule has 1 aromatic rings. The van der Waals surface area contributed by atoms with E-state index in [2.05, 4.69) is 37.2 Å². The van der Waals surface area contributed by atoms with Crippen LogP contribution in [0.1, 0.15) is 23.7 Å². The number of rotatable bonds is 6. The molecule has 0 unspecified atom stereocenters. The van der Waals surface area contributed by atoms with Gasteiger partial charge in [0.2, 0.25) is 5.91 Å². The molecule has 104 valence electrons. The van der Waals surface area contributed by atoms with Crippen LogP contribution in [0.4, 0.5) is 0 Å². The molecule has 1 rings (SSSR count). The van der Waals surface area contributed by atoms with Crippen molar-refractivity contribution in [2.24, 2.45) is 0 Å². The molecular weight excluding hydrogens is 382 g/mol. The lowest BCUT2D eigenvalue weighted by Gasteiger charge is -2.11. The number of hydrogen-bond acceptors (Lipinski definition) is 3. The molecule has 0 heterocycles. The highest BCUT2D eigenvalue weighted by molar-refractivity contribution is 9.11. The zero-order valence-corrected chi connectivity index (χ0v) is 13.4. The van der Waals surface area contributed by atoms with Gasteiger partial charge < -0.3 is 15.2 Å². The quantitative estimate of drug-likeness (QED) is 0.777. The number of hydrogen-bond donors (Lipinski definition) is 2. The highest BCUT2D eigenvalue weighted by atomic mass is 79.9. The molecule has 1 amide bonds. The number of nitrogens with one attached hydrogen (secondary N) is 1. The number of aromatic carboxylic acids is 1. The van der Waals surface area contributed by atoms with Crippen molar-refractivity contribution in [2.75, 3.05) is 13.2 Å². The van der Waals surface area contributed by atoms with Crippen molar-refractivity contribution in [3.05, 3.63) is 26.6 Å². The van der Waals surface area contributed by atoms with E-state index in [0.29, 0.717) is 21.2 Å². The van der Waals surface area contributed by atoms with E-state index in [1.165, 1.54) is 12.1 Å². The summed E-state index contributed by atoms with van der Waals surface area (Å²) >= 11 is 6.49. The minimum Gasteiger partial charge on any atom is -0.491 e. The number of carboxylic acids is 1. The predicted octanol–water partition coefficient (Wildman–Crippen LogP) is 2.81. The van der Waals surface area contributed by atoms with Crippen LogP contribution in [0.15, 0.2) is 21.1 Å². The molecule has 2 N–H and O–H groups in total. The third-order valence-electron chi connectivity index (χ3n) is 2.19. The summed E-state index contributed by atoms with van der Waals surface area (Å²) in [7, 11) is 0. The molecule has 0 aromatic heterocycles. The Labute approximate surface area is 127 Å². The average Bonchev–Trinajstić information content (AvgIpc) is 2.32. The van der Waals surface area contributed by atoms with Crippen LogP contribution in [-0.4, -0.2) is 30.1 Å². The van der Waals surface area contributed by atoms with Crippen molar-refractivity contribution < 1.29 is 19.4 Å². The lowest BCUT2D eigenvalue weighted by atomic mass is 10.2. The number of halogens is 2. The second kappa shape index (κ2) is 7.49. The van der Waals surface area contributed by atoms with Crippen LogP contribution in [0.5, 0.6) is 5.75 Å². The van der Waals surface area contributed by atoms with Gasteiger partial charge in [-0.05, 0) is 50.9 Å². The minimum absolute atomic E-state index is 0.0862. The average molecular weight is 395 g/mol. The molecule has 7 heteroatoms. The summed E-state index contributed by atoms with van der Waals surface area (Å²) in [5.74, 6) is -0.624. The Hall–Kier alpha value is -1.08. The molecule has 1 aromatic carbocycles. The van der Waals surface area contributed by atoms with Crippen LogP contribution >= 0.6 is 31.9 Å². The SMILES string of the molecule is CCNC(=O)CCOc1c(Br)cc(C(=O)O)cc1Br. The molecule has 0 aliphatic carbocycles. The van der Waals surface area contributed by atoms with Gasteiger partial charge in [0.15, 0.2) is 0 Å². The van der Waals surface area contributed by atoms with E-state index in [4.69, 9.17) is 9.84 Å². The minimum atomic E-state index is -1.02. The van der Waals surface area contributed by atoms with Gasteiger partial charge in [-0.15, -0.1) is 0 Å². The number of carbonyl (C=O) groups is 2.